The summed E-state index contributed by atoms with van der Waals surface area (Å²) < 4.78 is 14.7. The van der Waals surface area contributed by atoms with E-state index < -0.39 is 23.9 Å². The summed E-state index contributed by atoms with van der Waals surface area (Å²) in [7, 11) is 1.61. The van der Waals surface area contributed by atoms with Crippen LogP contribution in [-0.4, -0.2) is 30.9 Å². The van der Waals surface area contributed by atoms with Gasteiger partial charge in [-0.1, -0.05) is 61.5 Å². The van der Waals surface area contributed by atoms with Crippen molar-refractivity contribution in [2.45, 2.75) is 26.1 Å². The predicted molar refractivity (Wildman–Crippen MR) is 127 cm³/mol. The maximum Gasteiger partial charge on any atom is 0.317 e. The summed E-state index contributed by atoms with van der Waals surface area (Å²) in [5, 5.41) is 5.40. The lowest BCUT2D eigenvalue weighted by Gasteiger charge is -2.21. The second-order valence-electron chi connectivity index (χ2n) is 7.77. The smallest absolute Gasteiger partial charge is 0.317 e. The Morgan fingerprint density at radius 3 is 2.30 bits per heavy atom. The van der Waals surface area contributed by atoms with Gasteiger partial charge < -0.3 is 15.5 Å². The van der Waals surface area contributed by atoms with Crippen LogP contribution in [0.2, 0.25) is 0 Å². The Kier molecular flexibility index (Phi) is 6.49. The monoisotopic (exact) mass is 444 g/mol. The van der Waals surface area contributed by atoms with Crippen molar-refractivity contribution < 1.29 is 14.0 Å². The van der Waals surface area contributed by atoms with Gasteiger partial charge in [-0.2, -0.15) is 0 Å². The van der Waals surface area contributed by atoms with Crippen LogP contribution in [0.5, 0.6) is 0 Å². The maximum absolute atomic E-state index is 14.7. The Bertz CT molecular complexity index is 1210. The highest BCUT2D eigenvalue weighted by atomic mass is 19.1. The molecule has 0 radical (unpaired) electrons. The van der Waals surface area contributed by atoms with Crippen molar-refractivity contribution in [2.75, 3.05) is 11.9 Å². The van der Waals surface area contributed by atoms with Crippen LogP contribution in [0.1, 0.15) is 29.2 Å². The van der Waals surface area contributed by atoms with E-state index in [1.807, 2.05) is 24.3 Å². The van der Waals surface area contributed by atoms with E-state index >= 15 is 0 Å². The number of nitrogens with one attached hydrogen (secondary N) is 2. The Hall–Kier alpha value is -4.00. The quantitative estimate of drug-likeness (QED) is 0.624. The Morgan fingerprint density at radius 2 is 1.61 bits per heavy atom. The van der Waals surface area contributed by atoms with Crippen molar-refractivity contribution >= 4 is 23.3 Å². The van der Waals surface area contributed by atoms with E-state index in [4.69, 9.17) is 0 Å². The average molecular weight is 445 g/mol. The molecule has 7 heteroatoms. The average Bonchev–Trinajstić information content (AvgIpc) is 2.94. The number of urea groups is 1. The number of carbonyl (C=O) groups is 2. The molecule has 3 aromatic carbocycles. The Balaban J connectivity index is 1.60. The van der Waals surface area contributed by atoms with Gasteiger partial charge in [-0.05, 0) is 35.7 Å². The number of hydrogen-bond acceptors (Lipinski definition) is 3. The first-order valence-corrected chi connectivity index (χ1v) is 10.8. The molecule has 0 aliphatic carbocycles. The minimum atomic E-state index is -1.21. The number of fused-ring (bicyclic) bond motifs is 1. The van der Waals surface area contributed by atoms with Gasteiger partial charge in [0.15, 0.2) is 0 Å². The van der Waals surface area contributed by atoms with Crippen LogP contribution in [0.4, 0.5) is 14.9 Å². The normalized spacial score (nSPS) is 15.4. The number of benzene rings is 3. The molecule has 1 unspecified atom stereocenters. The van der Waals surface area contributed by atoms with Crippen LogP contribution in [0.3, 0.4) is 0 Å². The van der Waals surface area contributed by atoms with Gasteiger partial charge >= 0.3 is 6.03 Å². The Morgan fingerprint density at radius 1 is 0.970 bits per heavy atom. The summed E-state index contributed by atoms with van der Waals surface area (Å²) in [5.41, 5.74) is 3.92. The summed E-state index contributed by atoms with van der Waals surface area (Å²) in [6, 6.07) is 20.8. The third kappa shape index (κ3) is 4.77. The molecule has 1 atom stereocenters. The molecule has 2 N–H and O–H groups in total. The molecule has 6 nitrogen and oxygen atoms in total. The zero-order chi connectivity index (χ0) is 23.4. The molecular weight excluding hydrogens is 419 g/mol. The number of rotatable bonds is 5. The first kappa shape index (κ1) is 22.2. The second kappa shape index (κ2) is 9.65. The number of halogens is 1. The molecule has 3 amide bonds. The van der Waals surface area contributed by atoms with Gasteiger partial charge in [0.1, 0.15) is 5.82 Å². The zero-order valence-corrected chi connectivity index (χ0v) is 18.5. The van der Waals surface area contributed by atoms with Crippen LogP contribution < -0.4 is 15.5 Å². The first-order chi connectivity index (χ1) is 16.0. The summed E-state index contributed by atoms with van der Waals surface area (Å²) in [6.07, 6.45) is -0.268. The number of likely N-dealkylation sites (N-methyl/N-ethyl adjacent to an activating group) is 1. The van der Waals surface area contributed by atoms with Crippen molar-refractivity contribution in [3.63, 3.8) is 0 Å². The minimum Gasteiger partial charge on any atom is -0.334 e. The highest BCUT2D eigenvalue weighted by Crippen LogP contribution is 2.27. The van der Waals surface area contributed by atoms with Gasteiger partial charge in [-0.15, -0.1) is 0 Å². The summed E-state index contributed by atoms with van der Waals surface area (Å²) >= 11 is 0. The highest BCUT2D eigenvalue weighted by Gasteiger charge is 2.31. The van der Waals surface area contributed by atoms with Gasteiger partial charge in [-0.25, -0.2) is 14.2 Å². The van der Waals surface area contributed by atoms with Gasteiger partial charge in [-0.3, -0.25) is 4.79 Å². The molecule has 33 heavy (non-hydrogen) atoms. The number of amides is 3. The lowest BCUT2D eigenvalue weighted by molar-refractivity contribution is -0.119. The molecule has 0 spiro atoms. The molecule has 1 aliphatic heterocycles. The fraction of sp³-hybridized carbons (Fsp3) is 0.192. The topological polar surface area (TPSA) is 73.8 Å². The number of anilines is 1. The van der Waals surface area contributed by atoms with E-state index in [0.717, 1.165) is 12.0 Å². The van der Waals surface area contributed by atoms with E-state index in [1.54, 1.807) is 49.5 Å². The predicted octanol–water partition coefficient (Wildman–Crippen LogP) is 4.03. The summed E-state index contributed by atoms with van der Waals surface area (Å²) in [5.74, 6) is -0.877. The van der Waals surface area contributed by atoms with Crippen molar-refractivity contribution in [1.82, 2.24) is 10.6 Å². The van der Waals surface area contributed by atoms with Crippen LogP contribution in [-0.2, 0) is 17.8 Å². The standard InChI is InChI=1S/C26H25FN4O2/c1-3-17-12-14-18(15-13-17)16-28-26(33)30-24-25(32)31(2)22-11-7-5-9-20(22)23(29-24)19-8-4-6-10-21(19)27/h4-15,24H,3,16H2,1-2H3,(H2,28,30,33). The van der Waals surface area contributed by atoms with E-state index in [9.17, 15) is 14.0 Å². The molecule has 1 heterocycles. The molecule has 1 aliphatic rings. The van der Waals surface area contributed by atoms with Crippen molar-refractivity contribution in [2.24, 2.45) is 4.99 Å². The first-order valence-electron chi connectivity index (χ1n) is 10.8. The maximum atomic E-state index is 14.7. The Labute approximate surface area is 192 Å². The summed E-state index contributed by atoms with van der Waals surface area (Å²) in [6.45, 7) is 2.38. The van der Waals surface area contributed by atoms with Gasteiger partial charge in [0, 0.05) is 24.7 Å². The number of carbonyl (C=O) groups excluding carboxylic acids is 2. The molecule has 3 aromatic rings. The fourth-order valence-corrected chi connectivity index (χ4v) is 3.73. The number of aryl methyl sites for hydroxylation is 1. The third-order valence-electron chi connectivity index (χ3n) is 5.62. The lowest BCUT2D eigenvalue weighted by atomic mass is 10.00. The number of hydrogen-bond donors (Lipinski definition) is 2. The van der Waals surface area contributed by atoms with E-state index in [-0.39, 0.29) is 5.56 Å². The van der Waals surface area contributed by atoms with E-state index in [0.29, 0.717) is 23.5 Å². The van der Waals surface area contributed by atoms with E-state index in [1.165, 1.54) is 16.5 Å². The number of nitrogens with zero attached hydrogens (tertiary/aromatic N) is 2. The number of para-hydroxylation sites is 1. The molecular formula is C26H25FN4O2. The van der Waals surface area contributed by atoms with Crippen LogP contribution >= 0.6 is 0 Å². The van der Waals surface area contributed by atoms with Gasteiger partial charge in [0.05, 0.1) is 11.4 Å². The second-order valence-corrected chi connectivity index (χ2v) is 7.77. The molecule has 0 saturated heterocycles. The third-order valence-corrected chi connectivity index (χ3v) is 5.62. The number of aliphatic imine (C=N–C) groups is 1. The molecule has 168 valence electrons. The van der Waals surface area contributed by atoms with Crippen molar-refractivity contribution in [1.29, 1.82) is 0 Å². The molecule has 0 aromatic heterocycles. The highest BCUT2D eigenvalue weighted by molar-refractivity contribution is 6.20. The molecule has 0 saturated carbocycles. The van der Waals surface area contributed by atoms with Crippen LogP contribution in [0, 0.1) is 5.82 Å². The zero-order valence-electron chi connectivity index (χ0n) is 18.5. The van der Waals surface area contributed by atoms with Crippen molar-refractivity contribution in [3.05, 3.63) is 101 Å². The van der Waals surface area contributed by atoms with Crippen LogP contribution in [0.15, 0.2) is 77.8 Å². The number of benzodiazepines with no additional fused rings is 1. The van der Waals surface area contributed by atoms with Crippen LogP contribution in [0.25, 0.3) is 0 Å². The molecule has 4 rings (SSSR count). The molecule has 0 fully saturated rings. The summed E-state index contributed by atoms with van der Waals surface area (Å²) in [4.78, 5) is 31.7. The minimum absolute atomic E-state index is 0.260. The largest absolute Gasteiger partial charge is 0.334 e. The SMILES string of the molecule is CCc1ccc(CNC(=O)NC2N=C(c3ccccc3F)c3ccccc3N(C)C2=O)cc1. The fourth-order valence-electron chi connectivity index (χ4n) is 3.73. The van der Waals surface area contributed by atoms with Gasteiger partial charge in [0.2, 0.25) is 6.17 Å². The lowest BCUT2D eigenvalue weighted by Crippen LogP contribution is -2.49. The van der Waals surface area contributed by atoms with Gasteiger partial charge in [0.25, 0.3) is 5.91 Å². The van der Waals surface area contributed by atoms with E-state index in [2.05, 4.69) is 22.5 Å². The molecule has 0 bridgehead atoms. The van der Waals surface area contributed by atoms with Crippen molar-refractivity contribution in [3.8, 4) is 0 Å².